The summed E-state index contributed by atoms with van der Waals surface area (Å²) in [6, 6.07) is 7.57. The van der Waals surface area contributed by atoms with Crippen molar-refractivity contribution in [2.75, 3.05) is 6.61 Å². The van der Waals surface area contributed by atoms with E-state index < -0.39 is 0 Å². The number of hydrogen-bond acceptors (Lipinski definition) is 2. The monoisotopic (exact) mass is 206 g/mol. The number of aliphatic hydroxyl groups excluding tert-OH is 1. The maximum Gasteiger partial charge on any atom is 0.119 e. The average molecular weight is 206 g/mol. The summed E-state index contributed by atoms with van der Waals surface area (Å²) in [7, 11) is 0. The van der Waals surface area contributed by atoms with Crippen LogP contribution in [0.4, 0.5) is 0 Å². The van der Waals surface area contributed by atoms with Gasteiger partial charge in [-0.3, -0.25) is 0 Å². The Hall–Kier alpha value is -1.02. The summed E-state index contributed by atoms with van der Waals surface area (Å²) in [5.41, 5.74) is 1.05. The molecule has 2 N–H and O–H groups in total. The van der Waals surface area contributed by atoms with Crippen molar-refractivity contribution in [1.29, 1.82) is 0 Å². The van der Waals surface area contributed by atoms with Gasteiger partial charge in [0.25, 0.3) is 0 Å². The van der Waals surface area contributed by atoms with E-state index in [0.29, 0.717) is 17.6 Å². The van der Waals surface area contributed by atoms with E-state index >= 15 is 0 Å². The standard InChI is InChI=1S/C13H18O2/c14-9-10-4-3-5-11(8-10)12-6-1-2-7-13(12)15/h1-2,6-7,10-11,14-15H,3-5,8-9H2/t10?,11-/m0/s1. The van der Waals surface area contributed by atoms with E-state index in [1.807, 2.05) is 18.2 Å². The van der Waals surface area contributed by atoms with Gasteiger partial charge in [0, 0.05) is 6.61 Å². The van der Waals surface area contributed by atoms with Gasteiger partial charge >= 0.3 is 0 Å². The molecule has 0 saturated heterocycles. The van der Waals surface area contributed by atoms with Crippen LogP contribution in [0.1, 0.15) is 37.2 Å². The second-order valence-corrected chi connectivity index (χ2v) is 4.47. The van der Waals surface area contributed by atoms with Gasteiger partial charge in [-0.2, -0.15) is 0 Å². The fraction of sp³-hybridized carbons (Fsp3) is 0.538. The number of hydrogen-bond donors (Lipinski definition) is 2. The Morgan fingerprint density at radius 3 is 2.73 bits per heavy atom. The number of benzene rings is 1. The summed E-state index contributed by atoms with van der Waals surface area (Å²) in [6.45, 7) is 0.282. The molecule has 15 heavy (non-hydrogen) atoms. The Labute approximate surface area is 90.6 Å². The number of aromatic hydroxyl groups is 1. The summed E-state index contributed by atoms with van der Waals surface area (Å²) in [4.78, 5) is 0. The summed E-state index contributed by atoms with van der Waals surface area (Å²) in [6.07, 6.45) is 4.42. The zero-order chi connectivity index (χ0) is 10.7. The lowest BCUT2D eigenvalue weighted by atomic mass is 9.78. The predicted molar refractivity (Wildman–Crippen MR) is 59.9 cm³/mol. The van der Waals surface area contributed by atoms with Crippen molar-refractivity contribution in [3.05, 3.63) is 29.8 Å². The number of rotatable bonds is 2. The first-order chi connectivity index (χ1) is 7.31. The first-order valence-corrected chi connectivity index (χ1v) is 5.70. The quantitative estimate of drug-likeness (QED) is 0.781. The van der Waals surface area contributed by atoms with Crippen molar-refractivity contribution in [2.24, 2.45) is 5.92 Å². The minimum absolute atomic E-state index is 0.282. The fourth-order valence-electron chi connectivity index (χ4n) is 2.57. The van der Waals surface area contributed by atoms with Crippen LogP contribution in [0.5, 0.6) is 5.75 Å². The van der Waals surface area contributed by atoms with Gasteiger partial charge in [0.1, 0.15) is 5.75 Å². The minimum atomic E-state index is 0.282. The topological polar surface area (TPSA) is 40.5 Å². The molecule has 1 aromatic rings. The molecule has 2 rings (SSSR count). The summed E-state index contributed by atoms with van der Waals surface area (Å²) in [5, 5.41) is 18.9. The molecule has 1 saturated carbocycles. The van der Waals surface area contributed by atoms with E-state index in [0.717, 1.165) is 31.2 Å². The van der Waals surface area contributed by atoms with Crippen LogP contribution < -0.4 is 0 Å². The lowest BCUT2D eigenvalue weighted by Gasteiger charge is -2.28. The molecule has 0 radical (unpaired) electrons. The van der Waals surface area contributed by atoms with Gasteiger partial charge in [0.05, 0.1) is 0 Å². The molecule has 0 spiro atoms. The van der Waals surface area contributed by atoms with Crippen LogP contribution >= 0.6 is 0 Å². The first kappa shape index (κ1) is 10.5. The van der Waals surface area contributed by atoms with Gasteiger partial charge in [-0.05, 0) is 42.7 Å². The molecule has 2 heteroatoms. The molecule has 1 aliphatic carbocycles. The molecule has 2 nitrogen and oxygen atoms in total. The van der Waals surface area contributed by atoms with Crippen molar-refractivity contribution in [3.8, 4) is 5.75 Å². The van der Waals surface area contributed by atoms with E-state index in [1.165, 1.54) is 0 Å². The van der Waals surface area contributed by atoms with Crippen LogP contribution in [0, 0.1) is 5.92 Å². The maximum absolute atomic E-state index is 9.76. The van der Waals surface area contributed by atoms with Crippen LogP contribution in [-0.2, 0) is 0 Å². The van der Waals surface area contributed by atoms with E-state index in [9.17, 15) is 5.11 Å². The molecule has 1 aliphatic rings. The number of para-hydroxylation sites is 1. The van der Waals surface area contributed by atoms with Crippen molar-refractivity contribution >= 4 is 0 Å². The fourth-order valence-corrected chi connectivity index (χ4v) is 2.57. The third-order valence-corrected chi connectivity index (χ3v) is 3.42. The minimum Gasteiger partial charge on any atom is -0.508 e. The Balaban J connectivity index is 2.13. The molecule has 0 amide bonds. The normalized spacial score (nSPS) is 26.5. The summed E-state index contributed by atoms with van der Waals surface area (Å²) in [5.74, 6) is 1.25. The molecule has 1 unspecified atom stereocenters. The third kappa shape index (κ3) is 2.32. The van der Waals surface area contributed by atoms with E-state index in [4.69, 9.17) is 5.11 Å². The Kier molecular flexibility index (Phi) is 3.27. The van der Waals surface area contributed by atoms with Crippen LogP contribution in [0.25, 0.3) is 0 Å². The molecular formula is C13H18O2. The molecule has 0 aliphatic heterocycles. The van der Waals surface area contributed by atoms with Gasteiger partial charge in [-0.25, -0.2) is 0 Å². The third-order valence-electron chi connectivity index (χ3n) is 3.42. The molecular weight excluding hydrogens is 188 g/mol. The van der Waals surface area contributed by atoms with Gasteiger partial charge in [-0.1, -0.05) is 24.6 Å². The smallest absolute Gasteiger partial charge is 0.119 e. The molecule has 0 bridgehead atoms. The average Bonchev–Trinajstić information content (AvgIpc) is 2.30. The Bertz CT molecular complexity index is 322. The van der Waals surface area contributed by atoms with Gasteiger partial charge < -0.3 is 10.2 Å². The van der Waals surface area contributed by atoms with Crippen LogP contribution in [0.15, 0.2) is 24.3 Å². The van der Waals surface area contributed by atoms with Crippen LogP contribution in [0.3, 0.4) is 0 Å². The molecule has 82 valence electrons. The van der Waals surface area contributed by atoms with E-state index in [-0.39, 0.29) is 6.61 Å². The number of aliphatic hydroxyl groups is 1. The second-order valence-electron chi connectivity index (χ2n) is 4.47. The highest BCUT2D eigenvalue weighted by molar-refractivity contribution is 5.35. The van der Waals surface area contributed by atoms with E-state index in [2.05, 4.69) is 0 Å². The molecule has 2 atom stereocenters. The lowest BCUT2D eigenvalue weighted by molar-refractivity contribution is 0.179. The van der Waals surface area contributed by atoms with Crippen molar-refractivity contribution in [1.82, 2.24) is 0 Å². The maximum atomic E-state index is 9.76. The van der Waals surface area contributed by atoms with Crippen LogP contribution in [0.2, 0.25) is 0 Å². The second kappa shape index (κ2) is 4.67. The zero-order valence-corrected chi connectivity index (χ0v) is 8.89. The highest BCUT2D eigenvalue weighted by atomic mass is 16.3. The largest absolute Gasteiger partial charge is 0.508 e. The van der Waals surface area contributed by atoms with Gasteiger partial charge in [0.2, 0.25) is 0 Å². The van der Waals surface area contributed by atoms with Gasteiger partial charge in [0.15, 0.2) is 0 Å². The summed E-state index contributed by atoms with van der Waals surface area (Å²) < 4.78 is 0. The lowest BCUT2D eigenvalue weighted by Crippen LogP contribution is -2.17. The molecule has 1 aromatic carbocycles. The highest BCUT2D eigenvalue weighted by Gasteiger charge is 2.24. The Morgan fingerprint density at radius 1 is 1.20 bits per heavy atom. The Morgan fingerprint density at radius 2 is 2.00 bits per heavy atom. The molecule has 1 fully saturated rings. The SMILES string of the molecule is OCC1CCC[C@H](c2ccccc2O)C1. The van der Waals surface area contributed by atoms with Crippen LogP contribution in [-0.4, -0.2) is 16.8 Å². The van der Waals surface area contributed by atoms with Crippen molar-refractivity contribution in [2.45, 2.75) is 31.6 Å². The predicted octanol–water partition coefficient (Wildman–Crippen LogP) is 2.66. The van der Waals surface area contributed by atoms with Gasteiger partial charge in [-0.15, -0.1) is 0 Å². The number of phenols is 1. The van der Waals surface area contributed by atoms with Crippen molar-refractivity contribution < 1.29 is 10.2 Å². The number of phenolic OH excluding ortho intramolecular Hbond substituents is 1. The summed E-state index contributed by atoms with van der Waals surface area (Å²) >= 11 is 0. The zero-order valence-electron chi connectivity index (χ0n) is 8.89. The highest BCUT2D eigenvalue weighted by Crippen LogP contribution is 2.39. The van der Waals surface area contributed by atoms with E-state index in [1.54, 1.807) is 6.07 Å². The first-order valence-electron chi connectivity index (χ1n) is 5.70. The van der Waals surface area contributed by atoms with Crippen molar-refractivity contribution in [3.63, 3.8) is 0 Å². The molecule has 0 aromatic heterocycles. The molecule has 0 heterocycles.